The topological polar surface area (TPSA) is 54.3 Å². The largest absolute Gasteiger partial charge is 0.477 e. The van der Waals surface area contributed by atoms with Gasteiger partial charge in [0.2, 0.25) is 0 Å². The van der Waals surface area contributed by atoms with Crippen LogP contribution in [0.2, 0.25) is 0 Å². The van der Waals surface area contributed by atoms with Crippen molar-refractivity contribution in [1.29, 1.82) is 0 Å². The van der Waals surface area contributed by atoms with E-state index in [1.807, 2.05) is 31.2 Å². The molecule has 1 saturated carbocycles. The Bertz CT molecular complexity index is 988. The van der Waals surface area contributed by atoms with Crippen LogP contribution in [0.3, 0.4) is 0 Å². The summed E-state index contributed by atoms with van der Waals surface area (Å²) in [6.45, 7) is 2.89. The highest BCUT2D eigenvalue weighted by atomic mass is 19.1. The maximum absolute atomic E-state index is 13.9. The van der Waals surface area contributed by atoms with Gasteiger partial charge in [-0.3, -0.25) is 0 Å². The van der Waals surface area contributed by atoms with Crippen LogP contribution < -0.4 is 5.32 Å². The molecular weight excluding hydrogens is 343 g/mol. The molecule has 4 rings (SSSR count). The first kappa shape index (κ1) is 17.7. The molecule has 0 amide bonds. The molecule has 1 aliphatic rings. The fourth-order valence-electron chi connectivity index (χ4n) is 3.72. The first-order chi connectivity index (χ1) is 13.0. The number of halogens is 1. The lowest BCUT2D eigenvalue weighted by Crippen LogP contribution is -2.34. The Labute approximate surface area is 157 Å². The molecule has 0 atom stereocenters. The molecule has 0 aliphatic heterocycles. The van der Waals surface area contributed by atoms with Gasteiger partial charge in [-0.2, -0.15) is 0 Å². The number of hydrogen-bond acceptors (Lipinski definition) is 2. The molecule has 27 heavy (non-hydrogen) atoms. The predicted molar refractivity (Wildman–Crippen MR) is 104 cm³/mol. The minimum atomic E-state index is -0.982. The molecule has 2 aromatic carbocycles. The number of hydrogen-bond donors (Lipinski definition) is 2. The highest BCUT2D eigenvalue weighted by molar-refractivity contribution is 5.98. The number of nitrogens with one attached hydrogen (secondary N) is 1. The van der Waals surface area contributed by atoms with Crippen molar-refractivity contribution in [2.75, 3.05) is 0 Å². The smallest absolute Gasteiger partial charge is 0.352 e. The van der Waals surface area contributed by atoms with Crippen molar-refractivity contribution in [1.82, 2.24) is 9.88 Å². The van der Waals surface area contributed by atoms with Crippen molar-refractivity contribution in [2.45, 2.75) is 45.3 Å². The van der Waals surface area contributed by atoms with E-state index in [0.29, 0.717) is 30.1 Å². The molecule has 5 heteroatoms. The van der Waals surface area contributed by atoms with E-state index in [-0.39, 0.29) is 11.5 Å². The number of carbonyl (C=O) groups is 1. The fourth-order valence-corrected chi connectivity index (χ4v) is 3.72. The summed E-state index contributed by atoms with van der Waals surface area (Å²) in [6, 6.07) is 13.0. The summed E-state index contributed by atoms with van der Waals surface area (Å²) in [7, 11) is 0. The minimum Gasteiger partial charge on any atom is -0.477 e. The lowest BCUT2D eigenvalue weighted by atomic mass is 9.93. The monoisotopic (exact) mass is 366 g/mol. The van der Waals surface area contributed by atoms with Crippen LogP contribution in [0.15, 0.2) is 42.5 Å². The van der Waals surface area contributed by atoms with E-state index in [2.05, 4.69) is 5.32 Å². The molecule has 2 N–H and O–H groups in total. The van der Waals surface area contributed by atoms with Crippen LogP contribution in [0.1, 0.15) is 46.4 Å². The van der Waals surface area contributed by atoms with Gasteiger partial charge in [0, 0.05) is 35.6 Å². The van der Waals surface area contributed by atoms with Gasteiger partial charge in [0.15, 0.2) is 0 Å². The Kier molecular flexibility index (Phi) is 4.70. The molecule has 4 nitrogen and oxygen atoms in total. The number of nitrogens with zero attached hydrogens (tertiary/aromatic N) is 1. The van der Waals surface area contributed by atoms with E-state index < -0.39 is 5.97 Å². The zero-order valence-corrected chi connectivity index (χ0v) is 15.3. The lowest BCUT2D eigenvalue weighted by Gasteiger charge is -2.26. The van der Waals surface area contributed by atoms with E-state index in [1.165, 1.54) is 18.6 Å². The van der Waals surface area contributed by atoms with E-state index in [1.54, 1.807) is 10.6 Å². The molecule has 0 spiro atoms. The summed E-state index contributed by atoms with van der Waals surface area (Å²) in [5.74, 6) is -1.33. The van der Waals surface area contributed by atoms with E-state index in [9.17, 15) is 14.3 Å². The van der Waals surface area contributed by atoms with Crippen molar-refractivity contribution < 1.29 is 14.3 Å². The number of aryl methyl sites for hydroxylation is 1. The van der Waals surface area contributed by atoms with Crippen LogP contribution in [-0.2, 0) is 13.1 Å². The zero-order valence-electron chi connectivity index (χ0n) is 15.3. The van der Waals surface area contributed by atoms with Crippen molar-refractivity contribution >= 4 is 16.9 Å². The Hall–Kier alpha value is -2.66. The maximum atomic E-state index is 13.9. The molecule has 1 aromatic heterocycles. The van der Waals surface area contributed by atoms with Crippen LogP contribution >= 0.6 is 0 Å². The van der Waals surface area contributed by atoms with Crippen LogP contribution in [0, 0.1) is 12.7 Å². The Morgan fingerprint density at radius 1 is 1.22 bits per heavy atom. The van der Waals surface area contributed by atoms with Gasteiger partial charge in [0.1, 0.15) is 11.5 Å². The maximum Gasteiger partial charge on any atom is 0.352 e. The quantitative estimate of drug-likeness (QED) is 0.676. The second kappa shape index (κ2) is 7.16. The molecule has 1 fully saturated rings. The standard InChI is InChI=1S/C22H23FN2O2/c1-14-5-7-15(8-6-14)13-25-20-10-9-16(23)11-18(20)19(21(25)22(26)27)12-24-17-3-2-4-17/h5-11,17,24H,2-4,12-13H2,1H3,(H,26,27). The Morgan fingerprint density at radius 2 is 1.96 bits per heavy atom. The second-order valence-electron chi connectivity index (χ2n) is 7.37. The van der Waals surface area contributed by atoms with Crippen molar-refractivity contribution in [2.24, 2.45) is 0 Å². The third kappa shape index (κ3) is 3.47. The molecular formula is C22H23FN2O2. The van der Waals surface area contributed by atoms with Crippen LogP contribution in [-0.4, -0.2) is 21.7 Å². The summed E-state index contributed by atoms with van der Waals surface area (Å²) < 4.78 is 15.7. The third-order valence-electron chi connectivity index (χ3n) is 5.47. The van der Waals surface area contributed by atoms with Gasteiger partial charge in [0.25, 0.3) is 0 Å². The molecule has 140 valence electrons. The normalized spacial score (nSPS) is 14.4. The summed E-state index contributed by atoms with van der Waals surface area (Å²) in [5.41, 5.74) is 3.82. The molecule has 1 heterocycles. The summed E-state index contributed by atoms with van der Waals surface area (Å²) in [6.07, 6.45) is 3.42. The number of carboxylic acid groups (broad SMARTS) is 1. The predicted octanol–water partition coefficient (Wildman–Crippen LogP) is 4.48. The number of aromatic carboxylic acids is 1. The van der Waals surface area contributed by atoms with Gasteiger partial charge >= 0.3 is 5.97 Å². The van der Waals surface area contributed by atoms with E-state index in [4.69, 9.17) is 0 Å². The molecule has 0 bridgehead atoms. The Morgan fingerprint density at radius 3 is 2.59 bits per heavy atom. The van der Waals surface area contributed by atoms with Crippen molar-refractivity contribution in [3.05, 3.63) is 70.7 Å². The average molecular weight is 366 g/mol. The number of carboxylic acids is 1. The van der Waals surface area contributed by atoms with Crippen LogP contribution in [0.4, 0.5) is 4.39 Å². The van der Waals surface area contributed by atoms with Gasteiger partial charge in [0.05, 0.1) is 0 Å². The van der Waals surface area contributed by atoms with Gasteiger partial charge in [-0.15, -0.1) is 0 Å². The minimum absolute atomic E-state index is 0.239. The lowest BCUT2D eigenvalue weighted by molar-refractivity contribution is 0.0684. The highest BCUT2D eigenvalue weighted by Gasteiger charge is 2.24. The third-order valence-corrected chi connectivity index (χ3v) is 5.47. The van der Waals surface area contributed by atoms with E-state index in [0.717, 1.165) is 29.5 Å². The summed E-state index contributed by atoms with van der Waals surface area (Å²) >= 11 is 0. The van der Waals surface area contributed by atoms with Crippen molar-refractivity contribution in [3.63, 3.8) is 0 Å². The molecule has 0 unspecified atom stereocenters. The van der Waals surface area contributed by atoms with Gasteiger partial charge in [-0.1, -0.05) is 36.2 Å². The molecule has 3 aromatic rings. The summed E-state index contributed by atoms with van der Waals surface area (Å²) in [4.78, 5) is 12.1. The zero-order chi connectivity index (χ0) is 19.0. The first-order valence-electron chi connectivity index (χ1n) is 9.36. The van der Waals surface area contributed by atoms with Gasteiger partial charge in [-0.25, -0.2) is 9.18 Å². The second-order valence-corrected chi connectivity index (χ2v) is 7.37. The molecule has 0 saturated heterocycles. The van der Waals surface area contributed by atoms with E-state index >= 15 is 0 Å². The molecule has 0 radical (unpaired) electrons. The Balaban J connectivity index is 1.81. The van der Waals surface area contributed by atoms with Gasteiger partial charge in [-0.05, 0) is 43.5 Å². The fraction of sp³-hybridized carbons (Fsp3) is 0.318. The van der Waals surface area contributed by atoms with Crippen LogP contribution in [0.25, 0.3) is 10.9 Å². The molecule has 1 aliphatic carbocycles. The number of benzene rings is 2. The van der Waals surface area contributed by atoms with Crippen molar-refractivity contribution in [3.8, 4) is 0 Å². The average Bonchev–Trinajstić information content (AvgIpc) is 2.89. The van der Waals surface area contributed by atoms with Crippen LogP contribution in [0.5, 0.6) is 0 Å². The number of aromatic nitrogens is 1. The SMILES string of the molecule is Cc1ccc(Cn2c(C(=O)O)c(CNC3CCC3)c3cc(F)ccc32)cc1. The van der Waals surface area contributed by atoms with Gasteiger partial charge < -0.3 is 15.0 Å². The first-order valence-corrected chi connectivity index (χ1v) is 9.36. The number of rotatable bonds is 6. The summed E-state index contributed by atoms with van der Waals surface area (Å²) in [5, 5.41) is 14.0. The highest BCUT2D eigenvalue weighted by Crippen LogP contribution is 2.29. The number of fused-ring (bicyclic) bond motifs is 1.